The van der Waals surface area contributed by atoms with Crippen LogP contribution in [-0.4, -0.2) is 36.9 Å². The molecule has 1 heterocycles. The number of carboxylic acid groups (broad SMARTS) is 1. The number of hydrogen-bond donors (Lipinski definition) is 1. The number of benzene rings is 1. The molecule has 1 aliphatic heterocycles. The summed E-state index contributed by atoms with van der Waals surface area (Å²) in [7, 11) is -3.66. The largest absolute Gasteiger partial charge is 0.478 e. The summed E-state index contributed by atoms with van der Waals surface area (Å²) >= 11 is 0. The summed E-state index contributed by atoms with van der Waals surface area (Å²) < 4.78 is 26.9. The molecule has 0 radical (unpaired) electrons. The molecule has 114 valence electrons. The van der Waals surface area contributed by atoms with E-state index < -0.39 is 16.0 Å². The number of hydrogen-bond acceptors (Lipinski definition) is 3. The molecule has 21 heavy (non-hydrogen) atoms. The molecule has 0 atom stereocenters. The van der Waals surface area contributed by atoms with Crippen molar-refractivity contribution in [1.82, 2.24) is 4.31 Å². The van der Waals surface area contributed by atoms with E-state index in [2.05, 4.69) is 0 Å². The fourth-order valence-corrected chi connectivity index (χ4v) is 4.03. The summed E-state index contributed by atoms with van der Waals surface area (Å²) in [5, 5.41) is 9.07. The van der Waals surface area contributed by atoms with Gasteiger partial charge in [-0.3, -0.25) is 0 Å². The van der Waals surface area contributed by atoms with Gasteiger partial charge in [0.05, 0.1) is 10.5 Å². The first-order valence-electron chi connectivity index (χ1n) is 6.88. The quantitative estimate of drug-likeness (QED) is 0.866. The van der Waals surface area contributed by atoms with E-state index in [1.807, 2.05) is 19.9 Å². The predicted molar refractivity (Wildman–Crippen MR) is 79.9 cm³/mol. The predicted octanol–water partition coefficient (Wildman–Crippen LogP) is 2.29. The van der Waals surface area contributed by atoms with Crippen LogP contribution in [0.1, 0.15) is 36.2 Å². The van der Waals surface area contributed by atoms with Gasteiger partial charge in [0.1, 0.15) is 0 Å². The molecule has 2 rings (SSSR count). The van der Waals surface area contributed by atoms with E-state index in [-0.39, 0.29) is 10.5 Å². The summed E-state index contributed by atoms with van der Waals surface area (Å²) in [6.07, 6.45) is 3.14. The van der Waals surface area contributed by atoms with Gasteiger partial charge in [0.25, 0.3) is 0 Å². The van der Waals surface area contributed by atoms with Crippen LogP contribution >= 0.6 is 0 Å². The lowest BCUT2D eigenvalue weighted by Crippen LogP contribution is -2.35. The highest BCUT2D eigenvalue weighted by Crippen LogP contribution is 2.25. The zero-order valence-corrected chi connectivity index (χ0v) is 13.0. The molecule has 0 saturated carbocycles. The number of aromatic carboxylic acids is 1. The van der Waals surface area contributed by atoms with Crippen molar-refractivity contribution in [3.8, 4) is 0 Å². The van der Waals surface area contributed by atoms with Gasteiger partial charge >= 0.3 is 5.97 Å². The van der Waals surface area contributed by atoms with Crippen LogP contribution in [0.15, 0.2) is 34.7 Å². The maximum atomic E-state index is 12.8. The number of nitrogens with zero attached hydrogens (tertiary/aromatic N) is 1. The van der Waals surface area contributed by atoms with Crippen molar-refractivity contribution in [2.45, 2.75) is 31.6 Å². The molecule has 1 aromatic carbocycles. The minimum atomic E-state index is -3.66. The van der Waals surface area contributed by atoms with E-state index in [4.69, 9.17) is 5.11 Å². The van der Waals surface area contributed by atoms with Gasteiger partial charge in [-0.25, -0.2) is 13.2 Å². The average Bonchev–Trinajstić information content (AvgIpc) is 2.46. The third-order valence-corrected chi connectivity index (χ3v) is 5.66. The van der Waals surface area contributed by atoms with Crippen LogP contribution in [0.25, 0.3) is 0 Å². The number of carbonyl (C=O) groups is 1. The Morgan fingerprint density at radius 1 is 1.38 bits per heavy atom. The summed E-state index contributed by atoms with van der Waals surface area (Å²) in [6.45, 7) is 4.61. The van der Waals surface area contributed by atoms with Crippen LogP contribution in [0.4, 0.5) is 0 Å². The van der Waals surface area contributed by atoms with Crippen molar-refractivity contribution in [3.05, 3.63) is 41.0 Å². The van der Waals surface area contributed by atoms with Gasteiger partial charge in [-0.15, -0.1) is 0 Å². The summed E-state index contributed by atoms with van der Waals surface area (Å²) in [4.78, 5) is 11.2. The summed E-state index contributed by atoms with van der Waals surface area (Å²) in [5.74, 6) is -1.12. The first-order chi connectivity index (χ1) is 9.86. The molecule has 0 aliphatic carbocycles. The Kier molecular flexibility index (Phi) is 4.49. The van der Waals surface area contributed by atoms with Crippen LogP contribution in [0.2, 0.25) is 0 Å². The Balaban J connectivity index is 2.48. The molecular weight excluding hydrogens is 290 g/mol. The van der Waals surface area contributed by atoms with Crippen molar-refractivity contribution in [3.63, 3.8) is 0 Å². The topological polar surface area (TPSA) is 74.7 Å². The van der Waals surface area contributed by atoms with E-state index >= 15 is 0 Å². The first-order valence-corrected chi connectivity index (χ1v) is 8.32. The van der Waals surface area contributed by atoms with Crippen LogP contribution in [0.5, 0.6) is 0 Å². The highest BCUT2D eigenvalue weighted by atomic mass is 32.2. The molecule has 0 spiro atoms. The monoisotopic (exact) mass is 309 g/mol. The lowest BCUT2D eigenvalue weighted by molar-refractivity contribution is 0.0696. The third kappa shape index (κ3) is 3.16. The van der Waals surface area contributed by atoms with Crippen LogP contribution in [0.3, 0.4) is 0 Å². The molecule has 6 heteroatoms. The molecule has 0 unspecified atom stereocenters. The molecule has 0 bridgehead atoms. The number of carboxylic acids is 1. The Morgan fingerprint density at radius 2 is 2.10 bits per heavy atom. The van der Waals surface area contributed by atoms with Crippen LogP contribution in [0, 0.1) is 0 Å². The maximum Gasteiger partial charge on any atom is 0.335 e. The zero-order valence-electron chi connectivity index (χ0n) is 12.2. The van der Waals surface area contributed by atoms with E-state index in [1.54, 1.807) is 6.07 Å². The molecule has 1 aliphatic rings. The van der Waals surface area contributed by atoms with Gasteiger partial charge in [-0.05, 0) is 37.5 Å². The Bertz CT molecular complexity index is 692. The normalized spacial score (nSPS) is 16.6. The first kappa shape index (κ1) is 15.7. The van der Waals surface area contributed by atoms with E-state index in [0.29, 0.717) is 31.5 Å². The van der Waals surface area contributed by atoms with Gasteiger partial charge in [-0.2, -0.15) is 4.31 Å². The van der Waals surface area contributed by atoms with Crippen molar-refractivity contribution in [2.24, 2.45) is 0 Å². The number of rotatable bonds is 4. The lowest BCUT2D eigenvalue weighted by atomic mass is 10.1. The zero-order chi connectivity index (χ0) is 15.6. The standard InChI is InChI=1S/C15H19NO4S/c1-3-12-4-5-13(15(17)18)10-14(12)21(19,20)16-8-6-11(2)7-9-16/h4-6,10H,3,7-9H2,1-2H3,(H,17,18). The number of sulfonamides is 1. The third-order valence-electron chi connectivity index (χ3n) is 3.71. The molecule has 0 fully saturated rings. The van der Waals surface area contributed by atoms with Gasteiger partial charge < -0.3 is 5.11 Å². The number of aryl methyl sites for hydroxylation is 1. The summed E-state index contributed by atoms with van der Waals surface area (Å²) in [6, 6.07) is 4.30. The second kappa shape index (κ2) is 5.99. The highest BCUT2D eigenvalue weighted by molar-refractivity contribution is 7.89. The van der Waals surface area contributed by atoms with Crippen molar-refractivity contribution < 1.29 is 18.3 Å². The average molecular weight is 309 g/mol. The molecule has 1 aromatic rings. The van der Waals surface area contributed by atoms with Gasteiger partial charge in [0.15, 0.2) is 0 Å². The van der Waals surface area contributed by atoms with E-state index in [9.17, 15) is 13.2 Å². The maximum absolute atomic E-state index is 12.8. The van der Waals surface area contributed by atoms with E-state index in [1.165, 1.54) is 22.0 Å². The Hall–Kier alpha value is -1.66. The van der Waals surface area contributed by atoms with Crippen LogP contribution < -0.4 is 0 Å². The Morgan fingerprint density at radius 3 is 2.62 bits per heavy atom. The lowest BCUT2D eigenvalue weighted by Gasteiger charge is -2.26. The van der Waals surface area contributed by atoms with Gasteiger partial charge in [-0.1, -0.05) is 24.6 Å². The summed E-state index contributed by atoms with van der Waals surface area (Å²) in [5.41, 5.74) is 1.82. The Labute approximate surface area is 124 Å². The molecule has 0 aromatic heterocycles. The highest BCUT2D eigenvalue weighted by Gasteiger charge is 2.28. The molecular formula is C15H19NO4S. The van der Waals surface area contributed by atoms with Crippen molar-refractivity contribution >= 4 is 16.0 Å². The van der Waals surface area contributed by atoms with Crippen molar-refractivity contribution in [1.29, 1.82) is 0 Å². The SMILES string of the molecule is CCc1ccc(C(=O)O)cc1S(=O)(=O)N1CC=C(C)CC1. The van der Waals surface area contributed by atoms with E-state index in [0.717, 1.165) is 0 Å². The van der Waals surface area contributed by atoms with Crippen LogP contribution in [-0.2, 0) is 16.4 Å². The second-order valence-corrected chi connectivity index (χ2v) is 7.05. The molecule has 5 nitrogen and oxygen atoms in total. The minimum absolute atomic E-state index is 0.00509. The fraction of sp³-hybridized carbons (Fsp3) is 0.400. The molecule has 0 saturated heterocycles. The second-order valence-electron chi connectivity index (χ2n) is 5.14. The fourth-order valence-electron chi connectivity index (χ4n) is 2.33. The smallest absolute Gasteiger partial charge is 0.335 e. The van der Waals surface area contributed by atoms with Gasteiger partial charge in [0.2, 0.25) is 10.0 Å². The molecule has 1 N–H and O–H groups in total. The van der Waals surface area contributed by atoms with Crippen molar-refractivity contribution in [2.75, 3.05) is 13.1 Å². The molecule has 0 amide bonds. The minimum Gasteiger partial charge on any atom is -0.478 e. The van der Waals surface area contributed by atoms with Gasteiger partial charge in [0, 0.05) is 13.1 Å².